The molecule has 13 heteroatoms. The van der Waals surface area contributed by atoms with Gasteiger partial charge in [0.25, 0.3) is 17.5 Å². The van der Waals surface area contributed by atoms with E-state index in [2.05, 4.69) is 10.7 Å². The number of anilines is 1. The van der Waals surface area contributed by atoms with E-state index >= 15 is 0 Å². The number of esters is 1. The molecule has 1 saturated heterocycles. The molecule has 0 saturated carbocycles. The largest absolute Gasteiger partial charge is 0.455 e. The van der Waals surface area contributed by atoms with Gasteiger partial charge in [0, 0.05) is 29.1 Å². The van der Waals surface area contributed by atoms with Gasteiger partial charge in [0.15, 0.2) is 6.61 Å². The maximum Gasteiger partial charge on any atom is 0.311 e. The molecule has 0 spiro atoms. The molecule has 0 unspecified atom stereocenters. The van der Waals surface area contributed by atoms with Crippen LogP contribution in [0.15, 0.2) is 42.5 Å². The molecule has 1 atom stereocenters. The molecular formula is C20H16Cl2N4O7. The molecule has 172 valence electrons. The number of hydrazine groups is 1. The minimum atomic E-state index is -0.887. The van der Waals surface area contributed by atoms with E-state index in [4.69, 9.17) is 27.9 Å². The zero-order valence-electron chi connectivity index (χ0n) is 16.7. The first-order chi connectivity index (χ1) is 15.6. The second-order valence-electron chi connectivity index (χ2n) is 6.93. The third kappa shape index (κ3) is 6.18. The Labute approximate surface area is 196 Å². The summed E-state index contributed by atoms with van der Waals surface area (Å²) in [6.45, 7) is -0.751. The van der Waals surface area contributed by atoms with Crippen molar-refractivity contribution in [3.8, 4) is 0 Å². The number of carbonyl (C=O) groups excluding carboxylic acids is 4. The first-order valence-corrected chi connectivity index (χ1v) is 10.2. The lowest BCUT2D eigenvalue weighted by Gasteiger charge is -2.17. The zero-order chi connectivity index (χ0) is 24.1. The highest BCUT2D eigenvalue weighted by Crippen LogP contribution is 2.25. The van der Waals surface area contributed by atoms with Gasteiger partial charge in [-0.05, 0) is 30.3 Å². The Balaban J connectivity index is 1.49. The maximum atomic E-state index is 12.3. The fourth-order valence-corrected chi connectivity index (χ4v) is 3.38. The van der Waals surface area contributed by atoms with Crippen molar-refractivity contribution in [3.05, 3.63) is 68.2 Å². The summed E-state index contributed by atoms with van der Waals surface area (Å²) in [5.74, 6) is -3.51. The van der Waals surface area contributed by atoms with Crippen LogP contribution in [0.25, 0.3) is 0 Å². The van der Waals surface area contributed by atoms with Crippen molar-refractivity contribution < 1.29 is 28.8 Å². The number of benzene rings is 2. The average molecular weight is 495 g/mol. The first-order valence-electron chi connectivity index (χ1n) is 9.41. The van der Waals surface area contributed by atoms with Gasteiger partial charge in [0.05, 0.1) is 28.1 Å². The van der Waals surface area contributed by atoms with E-state index in [1.54, 1.807) is 0 Å². The fraction of sp³-hybridized carbons (Fsp3) is 0.200. The van der Waals surface area contributed by atoms with Crippen LogP contribution in [-0.2, 0) is 19.1 Å². The highest BCUT2D eigenvalue weighted by Gasteiger charge is 2.36. The molecule has 0 radical (unpaired) electrons. The van der Waals surface area contributed by atoms with Crippen LogP contribution in [0.1, 0.15) is 16.8 Å². The summed E-state index contributed by atoms with van der Waals surface area (Å²) < 4.78 is 4.97. The lowest BCUT2D eigenvalue weighted by Crippen LogP contribution is -2.43. The predicted octanol–water partition coefficient (Wildman–Crippen LogP) is 2.58. The lowest BCUT2D eigenvalue weighted by molar-refractivity contribution is -0.384. The number of rotatable bonds is 7. The fourth-order valence-electron chi connectivity index (χ4n) is 2.93. The molecule has 1 aliphatic heterocycles. The van der Waals surface area contributed by atoms with Gasteiger partial charge in [-0.1, -0.05) is 23.2 Å². The predicted molar refractivity (Wildman–Crippen MR) is 116 cm³/mol. The zero-order valence-corrected chi connectivity index (χ0v) is 18.3. The van der Waals surface area contributed by atoms with Gasteiger partial charge in [0.1, 0.15) is 0 Å². The minimum absolute atomic E-state index is 0.0944. The normalized spacial score (nSPS) is 15.2. The van der Waals surface area contributed by atoms with Gasteiger partial charge in [-0.25, -0.2) is 0 Å². The van der Waals surface area contributed by atoms with Crippen molar-refractivity contribution in [1.29, 1.82) is 0 Å². The average Bonchev–Trinajstić information content (AvgIpc) is 3.14. The number of nitro benzene ring substituents is 1. The van der Waals surface area contributed by atoms with Crippen LogP contribution in [0.4, 0.5) is 11.4 Å². The Bertz CT molecular complexity index is 1120. The van der Waals surface area contributed by atoms with E-state index in [1.807, 2.05) is 0 Å². The smallest absolute Gasteiger partial charge is 0.311 e. The van der Waals surface area contributed by atoms with Crippen LogP contribution < -0.4 is 10.7 Å². The van der Waals surface area contributed by atoms with Crippen molar-refractivity contribution in [1.82, 2.24) is 10.4 Å². The van der Waals surface area contributed by atoms with Gasteiger partial charge >= 0.3 is 5.97 Å². The number of carbonyl (C=O) groups is 4. The van der Waals surface area contributed by atoms with Gasteiger partial charge in [-0.15, -0.1) is 0 Å². The van der Waals surface area contributed by atoms with Crippen LogP contribution in [0.2, 0.25) is 10.0 Å². The Morgan fingerprint density at radius 1 is 1.15 bits per heavy atom. The van der Waals surface area contributed by atoms with Gasteiger partial charge in [-0.2, -0.15) is 0 Å². The van der Waals surface area contributed by atoms with E-state index in [-0.39, 0.29) is 29.2 Å². The number of nitrogens with one attached hydrogen (secondary N) is 2. The number of amides is 3. The standard InChI is InChI=1S/C20H16Cl2N4O7/c21-13-3-6-16(15(22)8-13)23-17(27)10-33-20(30)12-7-18(28)25(9-12)24-19(29)11-1-4-14(5-2-11)26(31)32/h1-6,8,12H,7,9-10H2,(H,23,27)(H,24,29)/t12-/m1/s1. The van der Waals surface area contributed by atoms with E-state index in [0.29, 0.717) is 10.7 Å². The van der Waals surface area contributed by atoms with E-state index in [9.17, 15) is 29.3 Å². The first kappa shape index (κ1) is 24.0. The van der Waals surface area contributed by atoms with Crippen LogP contribution in [-0.4, -0.2) is 46.8 Å². The lowest BCUT2D eigenvalue weighted by atomic mass is 10.1. The maximum absolute atomic E-state index is 12.3. The molecule has 1 aliphatic rings. The molecule has 3 rings (SSSR count). The second kappa shape index (κ2) is 10.3. The number of ether oxygens (including phenoxy) is 1. The number of nitrogens with zero attached hydrogens (tertiary/aromatic N) is 2. The highest BCUT2D eigenvalue weighted by molar-refractivity contribution is 6.36. The highest BCUT2D eigenvalue weighted by atomic mass is 35.5. The van der Waals surface area contributed by atoms with E-state index < -0.39 is 41.1 Å². The number of nitro groups is 1. The Hall–Kier alpha value is -3.70. The topological polar surface area (TPSA) is 148 Å². The quantitative estimate of drug-likeness (QED) is 0.341. The van der Waals surface area contributed by atoms with Gasteiger partial charge < -0.3 is 10.1 Å². The number of halogens is 2. The summed E-state index contributed by atoms with van der Waals surface area (Å²) in [7, 11) is 0. The molecule has 2 aromatic carbocycles. The van der Waals surface area contributed by atoms with E-state index in [1.165, 1.54) is 30.3 Å². The van der Waals surface area contributed by atoms with Gasteiger partial charge in [0.2, 0.25) is 5.91 Å². The Morgan fingerprint density at radius 3 is 2.48 bits per heavy atom. The molecule has 1 heterocycles. The second-order valence-corrected chi connectivity index (χ2v) is 7.77. The van der Waals surface area contributed by atoms with Crippen molar-refractivity contribution in [3.63, 3.8) is 0 Å². The van der Waals surface area contributed by atoms with Crippen LogP contribution >= 0.6 is 23.2 Å². The van der Waals surface area contributed by atoms with Crippen molar-refractivity contribution in [2.24, 2.45) is 5.92 Å². The van der Waals surface area contributed by atoms with Crippen LogP contribution in [0.3, 0.4) is 0 Å². The molecule has 2 N–H and O–H groups in total. The monoisotopic (exact) mass is 494 g/mol. The Morgan fingerprint density at radius 2 is 1.85 bits per heavy atom. The van der Waals surface area contributed by atoms with Crippen molar-refractivity contribution in [2.45, 2.75) is 6.42 Å². The number of hydrogen-bond donors (Lipinski definition) is 2. The molecule has 0 bridgehead atoms. The van der Waals surface area contributed by atoms with Gasteiger partial charge in [-0.3, -0.25) is 39.7 Å². The third-order valence-electron chi connectivity index (χ3n) is 4.59. The molecule has 2 aromatic rings. The molecule has 3 amide bonds. The summed E-state index contributed by atoms with van der Waals surface area (Å²) in [6, 6.07) is 9.25. The number of hydrogen-bond acceptors (Lipinski definition) is 7. The van der Waals surface area contributed by atoms with Crippen LogP contribution in [0.5, 0.6) is 0 Å². The van der Waals surface area contributed by atoms with E-state index in [0.717, 1.165) is 17.1 Å². The molecular weight excluding hydrogens is 479 g/mol. The summed E-state index contributed by atoms with van der Waals surface area (Å²) >= 11 is 11.8. The third-order valence-corrected chi connectivity index (χ3v) is 5.13. The molecule has 0 aliphatic carbocycles. The number of non-ortho nitro benzene ring substituents is 1. The summed E-state index contributed by atoms with van der Waals surface area (Å²) in [5.41, 5.74) is 2.55. The minimum Gasteiger partial charge on any atom is -0.455 e. The SMILES string of the molecule is O=C(COC(=O)[C@@H]1CC(=O)N(NC(=O)c2ccc([N+](=O)[O-])cc2)C1)Nc1ccc(Cl)cc1Cl. The molecule has 0 aromatic heterocycles. The Kier molecular flexibility index (Phi) is 7.46. The van der Waals surface area contributed by atoms with Crippen molar-refractivity contribution >= 4 is 58.3 Å². The summed E-state index contributed by atoms with van der Waals surface area (Å²) in [6.07, 6.45) is -0.218. The summed E-state index contributed by atoms with van der Waals surface area (Å²) in [5, 5.41) is 14.7. The molecule has 1 fully saturated rings. The molecule has 11 nitrogen and oxygen atoms in total. The van der Waals surface area contributed by atoms with Crippen molar-refractivity contribution in [2.75, 3.05) is 18.5 Å². The molecule has 33 heavy (non-hydrogen) atoms. The van der Waals surface area contributed by atoms with Crippen LogP contribution in [0, 0.1) is 16.0 Å². The summed E-state index contributed by atoms with van der Waals surface area (Å²) in [4.78, 5) is 58.8.